The molecule has 1 aliphatic heterocycles. The Hall–Kier alpha value is 0.0900. The highest BCUT2D eigenvalue weighted by atomic mass is 79.9. The number of hydrogen-bond donors (Lipinski definition) is 0. The SMILES string of the molecule is O=S(=O)(c1ccccc1Br)N1CCCCCC1CBr. The summed E-state index contributed by atoms with van der Waals surface area (Å²) in [5.74, 6) is 0. The molecule has 1 aromatic carbocycles. The Morgan fingerprint density at radius 2 is 1.95 bits per heavy atom. The van der Waals surface area contributed by atoms with Gasteiger partial charge in [-0.3, -0.25) is 0 Å². The van der Waals surface area contributed by atoms with E-state index in [-0.39, 0.29) is 6.04 Å². The lowest BCUT2D eigenvalue weighted by Gasteiger charge is -2.28. The predicted molar refractivity (Wildman–Crippen MR) is 84.1 cm³/mol. The zero-order valence-corrected chi connectivity index (χ0v) is 14.5. The molecule has 1 saturated heterocycles. The number of nitrogens with zero attached hydrogens (tertiary/aromatic N) is 1. The Morgan fingerprint density at radius 3 is 2.63 bits per heavy atom. The third-order valence-electron chi connectivity index (χ3n) is 3.42. The van der Waals surface area contributed by atoms with Crippen LogP contribution in [0.3, 0.4) is 0 Å². The lowest BCUT2D eigenvalue weighted by molar-refractivity contribution is 0.347. The highest BCUT2D eigenvalue weighted by Crippen LogP contribution is 2.29. The Morgan fingerprint density at radius 1 is 1.21 bits per heavy atom. The minimum atomic E-state index is -3.42. The number of hydrogen-bond acceptors (Lipinski definition) is 2. The van der Waals surface area contributed by atoms with Gasteiger partial charge in [0.2, 0.25) is 10.0 Å². The first-order chi connectivity index (χ1) is 9.07. The molecule has 0 amide bonds. The molecule has 106 valence electrons. The molecule has 1 atom stereocenters. The van der Waals surface area contributed by atoms with E-state index in [4.69, 9.17) is 0 Å². The average Bonchev–Trinajstić information content (AvgIpc) is 2.64. The number of rotatable bonds is 3. The average molecular weight is 411 g/mol. The van der Waals surface area contributed by atoms with Crippen LogP contribution < -0.4 is 0 Å². The number of benzene rings is 1. The van der Waals surface area contributed by atoms with Crippen LogP contribution >= 0.6 is 31.9 Å². The molecule has 3 nitrogen and oxygen atoms in total. The summed E-state index contributed by atoms with van der Waals surface area (Å²) in [5, 5.41) is 0.691. The van der Waals surface area contributed by atoms with E-state index in [9.17, 15) is 8.42 Å². The fourth-order valence-electron chi connectivity index (χ4n) is 2.40. The summed E-state index contributed by atoms with van der Waals surface area (Å²) >= 11 is 6.79. The van der Waals surface area contributed by atoms with Crippen LogP contribution in [0.25, 0.3) is 0 Å². The first-order valence-corrected chi connectivity index (χ1v) is 9.75. The molecule has 1 fully saturated rings. The fraction of sp³-hybridized carbons (Fsp3) is 0.538. The van der Waals surface area contributed by atoms with Crippen LogP contribution in [0.5, 0.6) is 0 Å². The molecule has 0 aromatic heterocycles. The van der Waals surface area contributed by atoms with Gasteiger partial charge in [0, 0.05) is 22.4 Å². The van der Waals surface area contributed by atoms with Gasteiger partial charge in [-0.15, -0.1) is 0 Å². The minimum Gasteiger partial charge on any atom is -0.207 e. The smallest absolute Gasteiger partial charge is 0.207 e. The number of halogens is 2. The van der Waals surface area contributed by atoms with Gasteiger partial charge in [-0.05, 0) is 40.9 Å². The summed E-state index contributed by atoms with van der Waals surface area (Å²) in [7, 11) is -3.42. The Balaban J connectivity index is 2.39. The van der Waals surface area contributed by atoms with Gasteiger partial charge in [0.05, 0.1) is 4.90 Å². The standard InChI is InChI=1S/C13H17Br2NO2S/c14-10-11-6-2-1-5-9-16(11)19(17,18)13-8-4-3-7-12(13)15/h3-4,7-8,11H,1-2,5-6,9-10H2. The molecule has 1 aliphatic rings. The first kappa shape index (κ1) is 15.5. The van der Waals surface area contributed by atoms with Crippen LogP contribution in [0, 0.1) is 0 Å². The number of alkyl halides is 1. The third-order valence-corrected chi connectivity index (χ3v) is 7.14. The Kier molecular flexibility index (Phi) is 5.45. The second-order valence-electron chi connectivity index (χ2n) is 4.70. The molecule has 0 radical (unpaired) electrons. The van der Waals surface area contributed by atoms with Crippen molar-refractivity contribution < 1.29 is 8.42 Å². The predicted octanol–water partition coefficient (Wildman–Crippen LogP) is 3.78. The molecular formula is C13H17Br2NO2S. The van der Waals surface area contributed by atoms with E-state index in [1.54, 1.807) is 22.5 Å². The molecule has 0 aliphatic carbocycles. The normalized spacial score (nSPS) is 22.1. The van der Waals surface area contributed by atoms with Crippen molar-refractivity contribution >= 4 is 41.9 Å². The molecule has 0 N–H and O–H groups in total. The summed E-state index contributed by atoms with van der Waals surface area (Å²) in [6.07, 6.45) is 4.06. The maximum Gasteiger partial charge on any atom is 0.244 e. The maximum atomic E-state index is 12.8. The fourth-order valence-corrected chi connectivity index (χ4v) is 5.92. The molecular weight excluding hydrogens is 394 g/mol. The van der Waals surface area contributed by atoms with Gasteiger partial charge in [0.15, 0.2) is 0 Å². The topological polar surface area (TPSA) is 37.4 Å². The summed E-state index contributed by atoms with van der Waals surface area (Å²) in [5.41, 5.74) is 0. The molecule has 0 bridgehead atoms. The van der Waals surface area contributed by atoms with Gasteiger partial charge in [-0.25, -0.2) is 8.42 Å². The Labute approximate surface area is 131 Å². The van der Waals surface area contributed by atoms with Crippen molar-refractivity contribution in [2.45, 2.75) is 36.6 Å². The molecule has 0 saturated carbocycles. The van der Waals surface area contributed by atoms with Gasteiger partial charge in [0.25, 0.3) is 0 Å². The second-order valence-corrected chi connectivity index (χ2v) is 8.06. The van der Waals surface area contributed by atoms with Crippen molar-refractivity contribution in [3.63, 3.8) is 0 Å². The van der Waals surface area contributed by atoms with Crippen LogP contribution in [0.4, 0.5) is 0 Å². The monoisotopic (exact) mass is 409 g/mol. The van der Waals surface area contributed by atoms with Crippen molar-refractivity contribution in [2.24, 2.45) is 0 Å². The van der Waals surface area contributed by atoms with E-state index in [0.29, 0.717) is 21.2 Å². The zero-order valence-electron chi connectivity index (χ0n) is 10.6. The zero-order chi connectivity index (χ0) is 13.9. The molecule has 2 rings (SSSR count). The van der Waals surface area contributed by atoms with E-state index in [1.165, 1.54) is 0 Å². The van der Waals surface area contributed by atoms with Gasteiger partial charge >= 0.3 is 0 Å². The minimum absolute atomic E-state index is 0.0552. The van der Waals surface area contributed by atoms with Crippen LogP contribution in [-0.4, -0.2) is 30.6 Å². The van der Waals surface area contributed by atoms with Gasteiger partial charge in [-0.1, -0.05) is 40.9 Å². The van der Waals surface area contributed by atoms with Gasteiger partial charge in [0.1, 0.15) is 0 Å². The summed E-state index contributed by atoms with van der Waals surface area (Å²) < 4.78 is 27.9. The molecule has 1 unspecified atom stereocenters. The van der Waals surface area contributed by atoms with E-state index in [1.807, 2.05) is 6.07 Å². The van der Waals surface area contributed by atoms with Crippen LogP contribution in [0.2, 0.25) is 0 Å². The molecule has 19 heavy (non-hydrogen) atoms. The highest BCUT2D eigenvalue weighted by molar-refractivity contribution is 9.10. The molecule has 6 heteroatoms. The van der Waals surface area contributed by atoms with Crippen LogP contribution in [0.1, 0.15) is 25.7 Å². The van der Waals surface area contributed by atoms with Crippen molar-refractivity contribution in [1.29, 1.82) is 0 Å². The van der Waals surface area contributed by atoms with Crippen molar-refractivity contribution in [2.75, 3.05) is 11.9 Å². The van der Waals surface area contributed by atoms with E-state index in [2.05, 4.69) is 31.9 Å². The largest absolute Gasteiger partial charge is 0.244 e. The molecule has 0 spiro atoms. The summed E-state index contributed by atoms with van der Waals surface area (Å²) in [6, 6.07) is 7.08. The maximum absolute atomic E-state index is 12.8. The Bertz CT molecular complexity index is 533. The quantitative estimate of drug-likeness (QED) is 0.711. The third kappa shape index (κ3) is 3.40. The van der Waals surface area contributed by atoms with E-state index >= 15 is 0 Å². The van der Waals surface area contributed by atoms with Crippen LogP contribution in [0.15, 0.2) is 33.6 Å². The summed E-state index contributed by atoms with van der Waals surface area (Å²) in [6.45, 7) is 0.611. The van der Waals surface area contributed by atoms with Crippen molar-refractivity contribution in [3.05, 3.63) is 28.7 Å². The van der Waals surface area contributed by atoms with Gasteiger partial charge in [-0.2, -0.15) is 4.31 Å². The summed E-state index contributed by atoms with van der Waals surface area (Å²) in [4.78, 5) is 0.364. The lowest BCUT2D eigenvalue weighted by Crippen LogP contribution is -2.41. The van der Waals surface area contributed by atoms with Crippen molar-refractivity contribution in [1.82, 2.24) is 4.31 Å². The number of sulfonamides is 1. The highest BCUT2D eigenvalue weighted by Gasteiger charge is 2.32. The van der Waals surface area contributed by atoms with Gasteiger partial charge < -0.3 is 0 Å². The first-order valence-electron chi connectivity index (χ1n) is 6.39. The van der Waals surface area contributed by atoms with E-state index in [0.717, 1.165) is 25.7 Å². The molecule has 1 heterocycles. The van der Waals surface area contributed by atoms with E-state index < -0.39 is 10.0 Å². The molecule has 1 aromatic rings. The lowest BCUT2D eigenvalue weighted by atomic mass is 10.1. The second kappa shape index (κ2) is 6.70. The van der Waals surface area contributed by atoms with Crippen molar-refractivity contribution in [3.8, 4) is 0 Å². The van der Waals surface area contributed by atoms with Crippen LogP contribution in [-0.2, 0) is 10.0 Å².